The van der Waals surface area contributed by atoms with Gasteiger partial charge in [-0.15, -0.1) is 13.2 Å². The maximum atomic E-state index is 12.4. The molecule has 1 aliphatic rings. The van der Waals surface area contributed by atoms with Crippen molar-refractivity contribution in [2.45, 2.75) is 38.5 Å². The van der Waals surface area contributed by atoms with Gasteiger partial charge in [-0.25, -0.2) is 0 Å². The van der Waals surface area contributed by atoms with Crippen molar-refractivity contribution in [3.05, 3.63) is 29.8 Å². The monoisotopic (exact) mass is 359 g/mol. The van der Waals surface area contributed by atoms with Crippen LogP contribution in [0.15, 0.2) is 24.3 Å². The number of para-hydroxylation sites is 1. The summed E-state index contributed by atoms with van der Waals surface area (Å²) in [6.45, 7) is 0.158. The summed E-state index contributed by atoms with van der Waals surface area (Å²) in [6.07, 6.45) is -2.41. The average molecular weight is 359 g/mol. The number of halogens is 3. The molecule has 1 aliphatic carbocycles. The first-order valence-corrected chi connectivity index (χ1v) is 8.10. The van der Waals surface area contributed by atoms with Crippen molar-refractivity contribution in [2.75, 3.05) is 6.54 Å². The van der Waals surface area contributed by atoms with E-state index < -0.39 is 18.2 Å². The molecule has 2 atom stereocenters. The zero-order chi connectivity index (χ0) is 18.4. The van der Waals surface area contributed by atoms with Crippen molar-refractivity contribution >= 4 is 11.9 Å². The second kappa shape index (κ2) is 8.22. The molecule has 1 aromatic carbocycles. The highest BCUT2D eigenvalue weighted by atomic mass is 19.4. The summed E-state index contributed by atoms with van der Waals surface area (Å²) in [7, 11) is 0. The van der Waals surface area contributed by atoms with Gasteiger partial charge in [0.1, 0.15) is 5.75 Å². The predicted octanol–water partition coefficient (Wildman–Crippen LogP) is 3.13. The van der Waals surface area contributed by atoms with Crippen LogP contribution in [-0.4, -0.2) is 29.9 Å². The number of hydrogen-bond donors (Lipinski definition) is 2. The maximum Gasteiger partial charge on any atom is 0.573 e. The molecule has 2 N–H and O–H groups in total. The van der Waals surface area contributed by atoms with Crippen molar-refractivity contribution < 1.29 is 32.6 Å². The molecule has 2 rings (SSSR count). The van der Waals surface area contributed by atoms with E-state index in [0.29, 0.717) is 31.2 Å². The van der Waals surface area contributed by atoms with Crippen molar-refractivity contribution in [3.63, 3.8) is 0 Å². The van der Waals surface area contributed by atoms with Crippen LogP contribution in [0.4, 0.5) is 13.2 Å². The first-order valence-electron chi connectivity index (χ1n) is 8.10. The van der Waals surface area contributed by atoms with Gasteiger partial charge >= 0.3 is 12.3 Å². The van der Waals surface area contributed by atoms with E-state index in [4.69, 9.17) is 5.11 Å². The summed E-state index contributed by atoms with van der Waals surface area (Å²) in [5.74, 6) is -2.30. The van der Waals surface area contributed by atoms with Crippen LogP contribution < -0.4 is 10.1 Å². The second-order valence-electron chi connectivity index (χ2n) is 6.10. The highest BCUT2D eigenvalue weighted by molar-refractivity contribution is 5.80. The lowest BCUT2D eigenvalue weighted by atomic mass is 9.81. The smallest absolute Gasteiger partial charge is 0.481 e. The van der Waals surface area contributed by atoms with Gasteiger partial charge in [-0.05, 0) is 37.3 Å². The molecule has 0 radical (unpaired) electrons. The number of carboxylic acid groups (broad SMARTS) is 1. The standard InChI is InChI=1S/C17H20F3NO4/c18-17(19,20)25-14-7-2-1-4-11(14)8-9-21-15(22)12-5-3-6-13(10-12)16(23)24/h1-2,4,7,12-13H,3,5-6,8-10H2,(H,21,22)(H,23,24). The minimum atomic E-state index is -4.77. The molecule has 0 bridgehead atoms. The van der Waals surface area contributed by atoms with Crippen molar-refractivity contribution in [1.29, 1.82) is 0 Å². The molecule has 138 valence electrons. The third-order valence-electron chi connectivity index (χ3n) is 4.29. The van der Waals surface area contributed by atoms with Gasteiger partial charge in [0.05, 0.1) is 5.92 Å². The largest absolute Gasteiger partial charge is 0.573 e. The molecule has 1 aromatic rings. The Bertz CT molecular complexity index is 618. The van der Waals surface area contributed by atoms with E-state index >= 15 is 0 Å². The van der Waals surface area contributed by atoms with E-state index in [1.54, 1.807) is 6.07 Å². The van der Waals surface area contributed by atoms with E-state index in [2.05, 4.69) is 10.1 Å². The molecule has 1 fully saturated rings. The quantitative estimate of drug-likeness (QED) is 0.818. The van der Waals surface area contributed by atoms with Crippen molar-refractivity contribution in [1.82, 2.24) is 5.32 Å². The van der Waals surface area contributed by atoms with E-state index in [-0.39, 0.29) is 30.5 Å². The molecule has 5 nitrogen and oxygen atoms in total. The maximum absolute atomic E-state index is 12.4. The third kappa shape index (κ3) is 5.95. The fourth-order valence-electron chi connectivity index (χ4n) is 3.05. The topological polar surface area (TPSA) is 75.6 Å². The molecule has 1 amide bonds. The van der Waals surface area contributed by atoms with Gasteiger partial charge in [0.2, 0.25) is 5.91 Å². The molecule has 0 aromatic heterocycles. The van der Waals surface area contributed by atoms with E-state index in [1.165, 1.54) is 18.2 Å². The minimum Gasteiger partial charge on any atom is -0.481 e. The normalized spacial score (nSPS) is 20.8. The summed E-state index contributed by atoms with van der Waals surface area (Å²) >= 11 is 0. The summed E-state index contributed by atoms with van der Waals surface area (Å²) in [4.78, 5) is 23.2. The predicted molar refractivity (Wildman–Crippen MR) is 82.9 cm³/mol. The lowest BCUT2D eigenvalue weighted by Gasteiger charge is -2.25. The van der Waals surface area contributed by atoms with E-state index in [0.717, 1.165) is 0 Å². The number of aliphatic carboxylic acids is 1. The first-order chi connectivity index (χ1) is 11.8. The lowest BCUT2D eigenvalue weighted by Crippen LogP contribution is -2.36. The fraction of sp³-hybridized carbons (Fsp3) is 0.529. The number of alkyl halides is 3. The summed E-state index contributed by atoms with van der Waals surface area (Å²) in [5, 5.41) is 11.7. The molecular weight excluding hydrogens is 339 g/mol. The molecule has 0 aliphatic heterocycles. The van der Waals surface area contributed by atoms with Crippen LogP contribution in [0.5, 0.6) is 5.75 Å². The molecule has 0 spiro atoms. The number of nitrogens with one attached hydrogen (secondary N) is 1. The molecular formula is C17H20F3NO4. The van der Waals surface area contributed by atoms with Gasteiger partial charge in [0, 0.05) is 12.5 Å². The average Bonchev–Trinajstić information content (AvgIpc) is 2.55. The number of ether oxygens (including phenoxy) is 1. The van der Waals surface area contributed by atoms with E-state index in [1.807, 2.05) is 0 Å². The lowest BCUT2D eigenvalue weighted by molar-refractivity contribution is -0.274. The number of hydrogen-bond acceptors (Lipinski definition) is 3. The van der Waals surface area contributed by atoms with E-state index in [9.17, 15) is 22.8 Å². The minimum absolute atomic E-state index is 0.158. The molecule has 0 heterocycles. The fourth-order valence-corrected chi connectivity index (χ4v) is 3.05. The highest BCUT2D eigenvalue weighted by Gasteiger charge is 2.32. The molecule has 1 saturated carbocycles. The van der Waals surface area contributed by atoms with Gasteiger partial charge in [0.15, 0.2) is 0 Å². The zero-order valence-corrected chi connectivity index (χ0v) is 13.5. The summed E-state index contributed by atoms with van der Waals surface area (Å²) in [6, 6.07) is 5.77. The number of carboxylic acids is 1. The Kier molecular flexibility index (Phi) is 6.27. The Labute approximate surface area is 143 Å². The van der Waals surface area contributed by atoms with Gasteiger partial charge in [0.25, 0.3) is 0 Å². The summed E-state index contributed by atoms with van der Waals surface area (Å²) < 4.78 is 41.1. The molecule has 0 saturated heterocycles. The van der Waals surface area contributed by atoms with Crippen LogP contribution in [0.3, 0.4) is 0 Å². The number of rotatable bonds is 6. The number of carbonyl (C=O) groups excluding carboxylic acids is 1. The van der Waals surface area contributed by atoms with Gasteiger partial charge in [-0.2, -0.15) is 0 Å². The van der Waals surface area contributed by atoms with Crippen LogP contribution in [0.2, 0.25) is 0 Å². The van der Waals surface area contributed by atoms with Crippen LogP contribution in [0, 0.1) is 11.8 Å². The highest BCUT2D eigenvalue weighted by Crippen LogP contribution is 2.29. The Balaban J connectivity index is 1.86. The second-order valence-corrected chi connectivity index (χ2v) is 6.10. The summed E-state index contributed by atoms with van der Waals surface area (Å²) in [5.41, 5.74) is 0.340. The Hall–Kier alpha value is -2.25. The molecule has 2 unspecified atom stereocenters. The van der Waals surface area contributed by atoms with Crippen molar-refractivity contribution in [2.24, 2.45) is 11.8 Å². The first kappa shape index (κ1) is 19.1. The van der Waals surface area contributed by atoms with Gasteiger partial charge in [-0.1, -0.05) is 24.6 Å². The number of carbonyl (C=O) groups is 2. The number of amides is 1. The molecule has 25 heavy (non-hydrogen) atoms. The third-order valence-corrected chi connectivity index (χ3v) is 4.29. The Morgan fingerprint density at radius 1 is 1.20 bits per heavy atom. The SMILES string of the molecule is O=C(O)C1CCCC(C(=O)NCCc2ccccc2OC(F)(F)F)C1. The van der Waals surface area contributed by atoms with Crippen LogP contribution in [0.25, 0.3) is 0 Å². The zero-order valence-electron chi connectivity index (χ0n) is 13.5. The van der Waals surface area contributed by atoms with Gasteiger partial charge < -0.3 is 15.2 Å². The van der Waals surface area contributed by atoms with Crippen LogP contribution in [-0.2, 0) is 16.0 Å². The van der Waals surface area contributed by atoms with Gasteiger partial charge in [-0.3, -0.25) is 9.59 Å². The van der Waals surface area contributed by atoms with Crippen LogP contribution >= 0.6 is 0 Å². The number of benzene rings is 1. The van der Waals surface area contributed by atoms with Crippen molar-refractivity contribution in [3.8, 4) is 5.75 Å². The molecule has 8 heteroatoms. The Morgan fingerprint density at radius 3 is 2.56 bits per heavy atom. The Morgan fingerprint density at radius 2 is 1.88 bits per heavy atom. The van der Waals surface area contributed by atoms with Crippen LogP contribution in [0.1, 0.15) is 31.2 Å².